The third-order valence-corrected chi connectivity index (χ3v) is 5.45. The number of carbonyl (C=O) groups is 1. The van der Waals surface area contributed by atoms with E-state index in [1.165, 1.54) is 11.3 Å². The van der Waals surface area contributed by atoms with Crippen LogP contribution in [0.4, 0.5) is 4.39 Å². The van der Waals surface area contributed by atoms with Gasteiger partial charge in [0.1, 0.15) is 18.9 Å². The molecule has 1 saturated heterocycles. The first-order valence-electron chi connectivity index (χ1n) is 8.75. The number of aromatic amines is 1. The molecule has 2 aromatic rings. The summed E-state index contributed by atoms with van der Waals surface area (Å²) in [7, 11) is 0. The summed E-state index contributed by atoms with van der Waals surface area (Å²) in [6.45, 7) is 0.268. The number of aromatic nitrogens is 2. The zero-order valence-corrected chi connectivity index (χ0v) is 17.9. The van der Waals surface area contributed by atoms with E-state index in [4.69, 9.17) is 31.5 Å². The number of carbonyl (C=O) groups excluding carboxylic acids is 1. The molecular formula is C17H20Cl2FN3O6S. The van der Waals surface area contributed by atoms with Gasteiger partial charge in [0, 0.05) is 17.8 Å². The number of H-pyrrole nitrogens is 1. The van der Waals surface area contributed by atoms with E-state index in [1.54, 1.807) is 6.07 Å². The Labute approximate surface area is 185 Å². The van der Waals surface area contributed by atoms with Crippen LogP contribution < -0.4 is 17.0 Å². The van der Waals surface area contributed by atoms with Gasteiger partial charge in [-0.3, -0.25) is 19.1 Å². The molecule has 13 heteroatoms. The maximum Gasteiger partial charge on any atom is 0.330 e. The highest BCUT2D eigenvalue weighted by atomic mass is 35.5. The fraction of sp³-hybridized carbons (Fsp3) is 0.471. The lowest BCUT2D eigenvalue weighted by Crippen LogP contribution is -2.34. The number of esters is 1. The molecule has 0 aromatic carbocycles. The van der Waals surface area contributed by atoms with Gasteiger partial charge in [-0.05, 0) is 12.1 Å². The van der Waals surface area contributed by atoms with Crippen molar-refractivity contribution in [3.05, 3.63) is 54.2 Å². The zero-order chi connectivity index (χ0) is 21.0. The Morgan fingerprint density at radius 3 is 2.87 bits per heavy atom. The maximum atomic E-state index is 13.6. The molecule has 1 aliphatic heterocycles. The quantitative estimate of drug-likeness (QED) is 0.545. The van der Waals surface area contributed by atoms with Crippen molar-refractivity contribution in [1.29, 1.82) is 0 Å². The number of thiophene rings is 1. The lowest BCUT2D eigenvalue weighted by Gasteiger charge is -2.18. The van der Waals surface area contributed by atoms with Crippen LogP contribution in [0.25, 0.3) is 0 Å². The Morgan fingerprint density at radius 1 is 1.43 bits per heavy atom. The SMILES string of the molecule is Cl.NCCC(=O)OC[C@H]1O[C@@H](n2cc(F)c(=O)[nH]c2=O)C[C@@H]1OCc1ccc(Cl)s1. The van der Waals surface area contributed by atoms with Gasteiger partial charge in [0.2, 0.25) is 5.82 Å². The molecule has 3 atom stereocenters. The molecule has 0 saturated carbocycles. The number of ether oxygens (including phenoxy) is 3. The molecule has 0 amide bonds. The first-order valence-corrected chi connectivity index (χ1v) is 9.94. The van der Waals surface area contributed by atoms with Gasteiger partial charge in [-0.25, -0.2) is 4.79 Å². The second-order valence-corrected chi connectivity index (χ2v) is 8.09. The minimum Gasteiger partial charge on any atom is -0.463 e. The summed E-state index contributed by atoms with van der Waals surface area (Å²) < 4.78 is 32.0. The topological polar surface area (TPSA) is 126 Å². The first-order chi connectivity index (χ1) is 13.9. The molecule has 3 N–H and O–H groups in total. The molecule has 1 aliphatic rings. The first kappa shape index (κ1) is 24.5. The predicted octanol–water partition coefficient (Wildman–Crippen LogP) is 1.58. The second-order valence-electron chi connectivity index (χ2n) is 6.29. The maximum absolute atomic E-state index is 13.6. The normalized spacial score (nSPS) is 20.7. The van der Waals surface area contributed by atoms with Crippen molar-refractivity contribution in [2.24, 2.45) is 5.73 Å². The molecule has 1 fully saturated rings. The van der Waals surface area contributed by atoms with Crippen LogP contribution in [0.3, 0.4) is 0 Å². The minimum absolute atomic E-state index is 0. The van der Waals surface area contributed by atoms with Gasteiger partial charge in [0.05, 0.1) is 29.7 Å². The van der Waals surface area contributed by atoms with Crippen LogP contribution in [0.2, 0.25) is 4.34 Å². The van der Waals surface area contributed by atoms with Gasteiger partial charge in [0.15, 0.2) is 0 Å². The number of nitrogens with one attached hydrogen (secondary N) is 1. The minimum atomic E-state index is -1.11. The number of halogens is 3. The van der Waals surface area contributed by atoms with Crippen molar-refractivity contribution in [2.45, 2.75) is 37.9 Å². The molecule has 9 nitrogen and oxygen atoms in total. The number of nitrogens with two attached hydrogens (primary N) is 1. The fourth-order valence-electron chi connectivity index (χ4n) is 2.85. The van der Waals surface area contributed by atoms with Crippen molar-refractivity contribution in [3.63, 3.8) is 0 Å². The standard InChI is InChI=1S/C17H19ClFN3O6S.ClH/c18-13-2-1-9(29-13)7-26-11-5-14(22-6-10(19)16(24)21-17(22)25)28-12(11)8-27-15(23)3-4-20;/h1-2,6,11-12,14H,3-5,7-8,20H2,(H,21,24,25);1H/t11-,12+,14+;/m0./s1. The monoisotopic (exact) mass is 483 g/mol. The summed E-state index contributed by atoms with van der Waals surface area (Å²) in [6.07, 6.45) is -1.12. The van der Waals surface area contributed by atoms with Gasteiger partial charge in [-0.1, -0.05) is 11.6 Å². The van der Waals surface area contributed by atoms with E-state index in [-0.39, 0.29) is 45.0 Å². The van der Waals surface area contributed by atoms with Crippen LogP contribution in [0.5, 0.6) is 0 Å². The van der Waals surface area contributed by atoms with Gasteiger partial charge >= 0.3 is 11.7 Å². The Bertz CT molecular complexity index is 981. The van der Waals surface area contributed by atoms with Crippen molar-refractivity contribution in [1.82, 2.24) is 9.55 Å². The van der Waals surface area contributed by atoms with Crippen LogP contribution in [-0.2, 0) is 25.6 Å². The van der Waals surface area contributed by atoms with Gasteiger partial charge in [0.25, 0.3) is 5.56 Å². The van der Waals surface area contributed by atoms with E-state index in [1.807, 2.05) is 11.1 Å². The van der Waals surface area contributed by atoms with Crippen LogP contribution in [-0.4, -0.2) is 40.9 Å². The number of nitrogens with zero attached hydrogens (tertiary/aromatic N) is 1. The van der Waals surface area contributed by atoms with Crippen LogP contribution in [0.15, 0.2) is 27.9 Å². The fourth-order valence-corrected chi connectivity index (χ4v) is 3.86. The summed E-state index contributed by atoms with van der Waals surface area (Å²) in [5.74, 6) is -1.60. The van der Waals surface area contributed by atoms with Gasteiger partial charge in [-0.2, -0.15) is 4.39 Å². The Hall–Kier alpha value is -1.76. The molecule has 0 radical (unpaired) electrons. The number of rotatable bonds is 8. The van der Waals surface area contributed by atoms with Crippen molar-refractivity contribution in [2.75, 3.05) is 13.2 Å². The van der Waals surface area contributed by atoms with Crippen molar-refractivity contribution in [3.8, 4) is 0 Å². The van der Waals surface area contributed by atoms with Crippen LogP contribution >= 0.6 is 35.3 Å². The average Bonchev–Trinajstić information content (AvgIpc) is 3.27. The van der Waals surface area contributed by atoms with Gasteiger partial charge in [-0.15, -0.1) is 23.7 Å². The van der Waals surface area contributed by atoms with Crippen LogP contribution in [0.1, 0.15) is 23.9 Å². The molecule has 0 bridgehead atoms. The molecule has 3 rings (SSSR count). The third-order valence-electron chi connectivity index (χ3n) is 4.24. The molecule has 0 unspecified atom stereocenters. The van der Waals surface area contributed by atoms with E-state index < -0.39 is 41.5 Å². The average molecular weight is 484 g/mol. The summed E-state index contributed by atoms with van der Waals surface area (Å²) in [5, 5.41) is 0. The van der Waals surface area contributed by atoms with Crippen molar-refractivity contribution >= 4 is 41.3 Å². The lowest BCUT2D eigenvalue weighted by molar-refractivity contribution is -0.151. The van der Waals surface area contributed by atoms with E-state index in [0.29, 0.717) is 4.34 Å². The highest BCUT2D eigenvalue weighted by molar-refractivity contribution is 7.16. The van der Waals surface area contributed by atoms with E-state index in [0.717, 1.165) is 15.6 Å². The van der Waals surface area contributed by atoms with Gasteiger partial charge < -0.3 is 19.9 Å². The molecule has 3 heterocycles. The smallest absolute Gasteiger partial charge is 0.330 e. The largest absolute Gasteiger partial charge is 0.463 e. The highest BCUT2D eigenvalue weighted by Gasteiger charge is 2.38. The molecule has 166 valence electrons. The molecule has 30 heavy (non-hydrogen) atoms. The number of hydrogen-bond donors (Lipinski definition) is 2. The van der Waals surface area contributed by atoms with Crippen molar-refractivity contribution < 1.29 is 23.4 Å². The van der Waals surface area contributed by atoms with E-state index in [2.05, 4.69) is 0 Å². The predicted molar refractivity (Wildman–Crippen MR) is 110 cm³/mol. The molecular weight excluding hydrogens is 464 g/mol. The highest BCUT2D eigenvalue weighted by Crippen LogP contribution is 2.32. The summed E-state index contributed by atoms with van der Waals surface area (Å²) in [5.41, 5.74) is 3.40. The molecule has 2 aromatic heterocycles. The lowest BCUT2D eigenvalue weighted by atomic mass is 10.2. The summed E-state index contributed by atoms with van der Waals surface area (Å²) in [6, 6.07) is 3.56. The van der Waals surface area contributed by atoms with Crippen LogP contribution in [0, 0.1) is 5.82 Å². The zero-order valence-electron chi connectivity index (χ0n) is 15.5. The summed E-state index contributed by atoms with van der Waals surface area (Å²) >= 11 is 7.27. The third kappa shape index (κ3) is 6.13. The Morgan fingerprint density at radius 2 is 2.20 bits per heavy atom. The van der Waals surface area contributed by atoms with E-state index in [9.17, 15) is 18.8 Å². The second kappa shape index (κ2) is 11.0. The number of hydrogen-bond acceptors (Lipinski definition) is 8. The Kier molecular flexibility index (Phi) is 9.01. The molecule has 0 spiro atoms. The Balaban J connectivity index is 0.00000320. The van der Waals surface area contributed by atoms with E-state index >= 15 is 0 Å². The summed E-state index contributed by atoms with van der Waals surface area (Å²) in [4.78, 5) is 37.7. The molecule has 0 aliphatic carbocycles.